The monoisotopic (exact) mass is 537 g/mol. The third-order valence-electron chi connectivity index (χ3n) is 6.98. The molecule has 8 heteroatoms. The van der Waals surface area contributed by atoms with Crippen LogP contribution in [-0.2, 0) is 26.1 Å². The molecule has 1 unspecified atom stereocenters. The molecule has 0 saturated carbocycles. The lowest BCUT2D eigenvalue weighted by molar-refractivity contribution is -0.143. The standard InChI is InChI=1S/C30H35NO6S/c1-6-36-30(32)17-26(25-10-9-12-27(35-5)22(25)4)23-15-14-20(2)24(16-23)19-31-18-21(3)37-28-11-7-8-13-29(28)38(31,33)34/h7-16,21,26H,6,17-19H2,1-5H3/t21-,26?/m1/s1. The number of carbonyl (C=O) groups excluding carboxylic acids is 1. The fourth-order valence-corrected chi connectivity index (χ4v) is 6.59. The van der Waals surface area contributed by atoms with E-state index in [-0.39, 0.29) is 42.4 Å². The van der Waals surface area contributed by atoms with Gasteiger partial charge in [-0.05, 0) is 73.7 Å². The first kappa shape index (κ1) is 27.7. The molecule has 3 aromatic rings. The van der Waals surface area contributed by atoms with E-state index in [0.29, 0.717) is 12.4 Å². The summed E-state index contributed by atoms with van der Waals surface area (Å²) in [7, 11) is -2.15. The van der Waals surface area contributed by atoms with Gasteiger partial charge in [0.1, 0.15) is 22.5 Å². The van der Waals surface area contributed by atoms with Gasteiger partial charge in [-0.2, -0.15) is 4.31 Å². The Morgan fingerprint density at radius 1 is 1.11 bits per heavy atom. The first-order valence-corrected chi connectivity index (χ1v) is 14.2. The van der Waals surface area contributed by atoms with Gasteiger partial charge in [0, 0.05) is 12.5 Å². The van der Waals surface area contributed by atoms with Crippen molar-refractivity contribution >= 4 is 16.0 Å². The zero-order chi connectivity index (χ0) is 27.4. The van der Waals surface area contributed by atoms with Crippen LogP contribution < -0.4 is 9.47 Å². The number of methoxy groups -OCH3 is 1. The maximum atomic E-state index is 13.6. The van der Waals surface area contributed by atoms with Crippen LogP contribution in [0.15, 0.2) is 65.6 Å². The number of para-hydroxylation sites is 1. The van der Waals surface area contributed by atoms with Gasteiger partial charge < -0.3 is 14.2 Å². The summed E-state index contributed by atoms with van der Waals surface area (Å²) in [5, 5.41) is 0. The Morgan fingerprint density at radius 2 is 1.87 bits per heavy atom. The van der Waals surface area contributed by atoms with E-state index in [9.17, 15) is 13.2 Å². The van der Waals surface area contributed by atoms with Gasteiger partial charge in [-0.15, -0.1) is 0 Å². The molecular weight excluding hydrogens is 502 g/mol. The van der Waals surface area contributed by atoms with Crippen LogP contribution in [0.2, 0.25) is 0 Å². The number of rotatable bonds is 8. The van der Waals surface area contributed by atoms with Crippen molar-refractivity contribution < 1.29 is 27.4 Å². The molecule has 3 aromatic carbocycles. The second-order valence-corrected chi connectivity index (χ2v) is 11.5. The van der Waals surface area contributed by atoms with Gasteiger partial charge in [-0.1, -0.05) is 42.5 Å². The van der Waals surface area contributed by atoms with Gasteiger partial charge >= 0.3 is 5.97 Å². The summed E-state index contributed by atoms with van der Waals surface area (Å²) in [6, 6.07) is 18.5. The molecule has 7 nitrogen and oxygen atoms in total. The van der Waals surface area contributed by atoms with E-state index >= 15 is 0 Å². The highest BCUT2D eigenvalue weighted by Gasteiger charge is 2.33. The Bertz CT molecular complexity index is 1420. The summed E-state index contributed by atoms with van der Waals surface area (Å²) >= 11 is 0. The second-order valence-electron chi connectivity index (χ2n) is 9.59. The molecule has 0 amide bonds. The van der Waals surface area contributed by atoms with E-state index in [1.54, 1.807) is 38.3 Å². The fraction of sp³-hybridized carbons (Fsp3) is 0.367. The quantitative estimate of drug-likeness (QED) is 0.360. The number of aryl methyl sites for hydroxylation is 1. The molecule has 202 valence electrons. The van der Waals surface area contributed by atoms with Crippen molar-refractivity contribution in [3.63, 3.8) is 0 Å². The van der Waals surface area contributed by atoms with E-state index in [4.69, 9.17) is 14.2 Å². The van der Waals surface area contributed by atoms with Crippen LogP contribution in [0.25, 0.3) is 0 Å². The molecule has 1 aliphatic rings. The number of hydrogen-bond donors (Lipinski definition) is 0. The van der Waals surface area contributed by atoms with Crippen molar-refractivity contribution in [2.75, 3.05) is 20.3 Å². The van der Waals surface area contributed by atoms with Gasteiger partial charge in [-0.3, -0.25) is 4.79 Å². The molecule has 0 saturated heterocycles. The number of nitrogens with zero attached hydrogens (tertiary/aromatic N) is 1. The number of sulfonamides is 1. The maximum Gasteiger partial charge on any atom is 0.306 e. The number of ether oxygens (including phenoxy) is 3. The van der Waals surface area contributed by atoms with Gasteiger partial charge in [0.25, 0.3) is 0 Å². The SMILES string of the molecule is CCOC(=O)CC(c1ccc(C)c(CN2C[C@@H](C)Oc3ccccc3S2(=O)=O)c1)c1cccc(OC)c1C. The average Bonchev–Trinajstić information content (AvgIpc) is 2.97. The minimum Gasteiger partial charge on any atom is -0.496 e. The number of benzene rings is 3. The number of carbonyl (C=O) groups is 1. The molecule has 0 N–H and O–H groups in total. The van der Waals surface area contributed by atoms with Crippen molar-refractivity contribution in [1.29, 1.82) is 0 Å². The molecule has 0 aliphatic carbocycles. The highest BCUT2D eigenvalue weighted by molar-refractivity contribution is 7.89. The van der Waals surface area contributed by atoms with E-state index < -0.39 is 10.0 Å². The summed E-state index contributed by atoms with van der Waals surface area (Å²) in [4.78, 5) is 12.8. The zero-order valence-electron chi connectivity index (χ0n) is 22.6. The molecule has 4 rings (SSSR count). The summed E-state index contributed by atoms with van der Waals surface area (Å²) in [6.07, 6.45) is -0.155. The molecule has 1 aliphatic heterocycles. The first-order chi connectivity index (χ1) is 18.1. The minimum absolute atomic E-state index is 0.157. The van der Waals surface area contributed by atoms with Crippen LogP contribution in [0.1, 0.15) is 54.0 Å². The van der Waals surface area contributed by atoms with Gasteiger partial charge in [0.05, 0.1) is 26.7 Å². The summed E-state index contributed by atoms with van der Waals surface area (Å²) in [6.45, 7) is 8.32. The molecule has 38 heavy (non-hydrogen) atoms. The average molecular weight is 538 g/mol. The van der Waals surface area contributed by atoms with Crippen LogP contribution in [-0.4, -0.2) is 45.1 Å². The Labute approximate surface area is 225 Å². The predicted octanol–water partition coefficient (Wildman–Crippen LogP) is 5.37. The van der Waals surface area contributed by atoms with Crippen LogP contribution in [0.5, 0.6) is 11.5 Å². The molecule has 1 heterocycles. The third kappa shape index (κ3) is 5.71. The molecule has 0 spiro atoms. The highest BCUT2D eigenvalue weighted by atomic mass is 32.2. The lowest BCUT2D eigenvalue weighted by atomic mass is 9.84. The molecule has 0 bridgehead atoms. The lowest BCUT2D eigenvalue weighted by Gasteiger charge is -2.25. The van der Waals surface area contributed by atoms with E-state index in [1.807, 2.05) is 57.2 Å². The van der Waals surface area contributed by atoms with Crippen molar-refractivity contribution in [3.05, 3.63) is 88.5 Å². The third-order valence-corrected chi connectivity index (χ3v) is 8.83. The van der Waals surface area contributed by atoms with E-state index in [0.717, 1.165) is 33.6 Å². The van der Waals surface area contributed by atoms with Gasteiger partial charge in [0.15, 0.2) is 0 Å². The predicted molar refractivity (Wildman–Crippen MR) is 146 cm³/mol. The fourth-order valence-electron chi connectivity index (χ4n) is 4.98. The smallest absolute Gasteiger partial charge is 0.306 e. The van der Waals surface area contributed by atoms with Crippen molar-refractivity contribution in [3.8, 4) is 11.5 Å². The highest BCUT2D eigenvalue weighted by Crippen LogP contribution is 2.36. The van der Waals surface area contributed by atoms with Crippen molar-refractivity contribution in [2.45, 2.75) is 57.6 Å². The van der Waals surface area contributed by atoms with Crippen molar-refractivity contribution in [1.82, 2.24) is 4.31 Å². The van der Waals surface area contributed by atoms with E-state index in [2.05, 4.69) is 0 Å². The Balaban J connectivity index is 1.75. The second kappa shape index (κ2) is 11.6. The Morgan fingerprint density at radius 3 is 2.61 bits per heavy atom. The number of hydrogen-bond acceptors (Lipinski definition) is 6. The largest absolute Gasteiger partial charge is 0.496 e. The number of esters is 1. The summed E-state index contributed by atoms with van der Waals surface area (Å²) in [5.74, 6) is 0.537. The topological polar surface area (TPSA) is 82.1 Å². The molecule has 0 aromatic heterocycles. The molecule has 0 fully saturated rings. The van der Waals surface area contributed by atoms with Crippen LogP contribution in [0, 0.1) is 13.8 Å². The molecular formula is C30H35NO6S. The lowest BCUT2D eigenvalue weighted by Crippen LogP contribution is -2.35. The number of fused-ring (bicyclic) bond motifs is 1. The van der Waals surface area contributed by atoms with Crippen LogP contribution in [0.4, 0.5) is 0 Å². The van der Waals surface area contributed by atoms with E-state index in [1.165, 1.54) is 4.31 Å². The van der Waals surface area contributed by atoms with Crippen LogP contribution >= 0.6 is 0 Å². The van der Waals surface area contributed by atoms with Gasteiger partial charge in [-0.25, -0.2) is 8.42 Å². The minimum atomic E-state index is -3.78. The van der Waals surface area contributed by atoms with Crippen LogP contribution in [0.3, 0.4) is 0 Å². The Kier molecular flexibility index (Phi) is 8.43. The molecule has 2 atom stereocenters. The summed E-state index contributed by atoms with van der Waals surface area (Å²) < 4.78 is 45.5. The Hall–Kier alpha value is -3.36. The van der Waals surface area contributed by atoms with Crippen molar-refractivity contribution in [2.24, 2.45) is 0 Å². The maximum absolute atomic E-state index is 13.6. The first-order valence-electron chi connectivity index (χ1n) is 12.8. The normalized spacial score (nSPS) is 17.6. The van der Waals surface area contributed by atoms with Gasteiger partial charge in [0.2, 0.25) is 10.0 Å². The summed E-state index contributed by atoms with van der Waals surface area (Å²) in [5.41, 5.74) is 4.65. The molecule has 0 radical (unpaired) electrons. The zero-order valence-corrected chi connectivity index (χ0v) is 23.4.